The Bertz CT molecular complexity index is 1370. The van der Waals surface area contributed by atoms with E-state index < -0.39 is 17.8 Å². The van der Waals surface area contributed by atoms with Crippen LogP contribution in [0.15, 0.2) is 66.2 Å². The van der Waals surface area contributed by atoms with Gasteiger partial charge < -0.3 is 9.47 Å². The first-order chi connectivity index (χ1) is 16.8. The number of nitrogens with zero attached hydrogens (tertiary/aromatic N) is 1. The number of ether oxygens (including phenoxy) is 2. The number of hydrogen-bond donors (Lipinski definition) is 1. The van der Waals surface area contributed by atoms with Crippen molar-refractivity contribution in [2.24, 2.45) is 0 Å². The van der Waals surface area contributed by atoms with E-state index in [0.29, 0.717) is 31.3 Å². The number of amides is 4. The van der Waals surface area contributed by atoms with Gasteiger partial charge in [-0.3, -0.25) is 14.9 Å². The van der Waals surface area contributed by atoms with Gasteiger partial charge in [0.15, 0.2) is 11.5 Å². The summed E-state index contributed by atoms with van der Waals surface area (Å²) in [6.45, 7) is 2.09. The van der Waals surface area contributed by atoms with Gasteiger partial charge in [0.25, 0.3) is 11.8 Å². The van der Waals surface area contributed by atoms with Gasteiger partial charge in [-0.1, -0.05) is 41.9 Å². The number of halogens is 2. The molecule has 3 aromatic carbocycles. The second-order valence-corrected chi connectivity index (χ2v) is 9.28. The number of rotatable bonds is 6. The van der Waals surface area contributed by atoms with E-state index in [2.05, 4.69) is 27.9 Å². The Hall–Kier alpha value is -3.37. The molecular weight excluding hydrogens is 583 g/mol. The third-order valence-corrected chi connectivity index (χ3v) is 6.42. The van der Waals surface area contributed by atoms with Crippen molar-refractivity contribution < 1.29 is 23.9 Å². The lowest BCUT2D eigenvalue weighted by Crippen LogP contribution is -2.54. The monoisotopic (exact) mass is 602 g/mol. The lowest BCUT2D eigenvalue weighted by Gasteiger charge is -2.26. The van der Waals surface area contributed by atoms with E-state index in [4.69, 9.17) is 21.1 Å². The van der Waals surface area contributed by atoms with E-state index in [1.165, 1.54) is 13.2 Å². The van der Waals surface area contributed by atoms with Crippen LogP contribution in [-0.4, -0.2) is 25.0 Å². The number of anilines is 1. The van der Waals surface area contributed by atoms with Crippen LogP contribution in [0.4, 0.5) is 10.5 Å². The molecule has 35 heavy (non-hydrogen) atoms. The van der Waals surface area contributed by atoms with Gasteiger partial charge in [-0.25, -0.2) is 9.69 Å². The van der Waals surface area contributed by atoms with E-state index in [1.807, 2.05) is 31.2 Å². The molecule has 1 aliphatic rings. The number of barbiturate groups is 1. The molecule has 0 spiro atoms. The molecule has 3 aromatic rings. The van der Waals surface area contributed by atoms with Crippen LogP contribution in [0.2, 0.25) is 5.02 Å². The molecule has 0 aliphatic carbocycles. The molecule has 0 radical (unpaired) electrons. The molecular formula is C26H20ClIN2O5. The predicted octanol–water partition coefficient (Wildman–Crippen LogP) is 5.51. The van der Waals surface area contributed by atoms with Crippen molar-refractivity contribution in [2.75, 3.05) is 12.0 Å². The van der Waals surface area contributed by atoms with Gasteiger partial charge in [0.05, 0.1) is 16.4 Å². The topological polar surface area (TPSA) is 84.9 Å². The second kappa shape index (κ2) is 10.5. The Morgan fingerprint density at radius 2 is 1.83 bits per heavy atom. The number of aryl methyl sites for hydroxylation is 1. The SMILES string of the molecule is COc1cc(/C=C2\C(=O)NC(=O)N(c3cccc(C)c3)C2=O)cc(I)c1OCc1ccccc1Cl. The normalized spacial score (nSPS) is 14.8. The zero-order chi connectivity index (χ0) is 25.1. The fourth-order valence-electron chi connectivity index (χ4n) is 3.55. The Balaban J connectivity index is 1.65. The minimum absolute atomic E-state index is 0.173. The number of methoxy groups -OCH3 is 1. The molecule has 1 aliphatic heterocycles. The number of hydrogen-bond acceptors (Lipinski definition) is 5. The van der Waals surface area contributed by atoms with Crippen molar-refractivity contribution in [3.8, 4) is 11.5 Å². The molecule has 4 rings (SSSR count). The Morgan fingerprint density at radius 3 is 2.54 bits per heavy atom. The average Bonchev–Trinajstić information content (AvgIpc) is 2.81. The molecule has 1 N–H and O–H groups in total. The van der Waals surface area contributed by atoms with Crippen molar-refractivity contribution in [3.05, 3.63) is 91.5 Å². The highest BCUT2D eigenvalue weighted by Crippen LogP contribution is 2.36. The summed E-state index contributed by atoms with van der Waals surface area (Å²) in [6, 6.07) is 16.9. The first-order valence-corrected chi connectivity index (χ1v) is 12.0. The van der Waals surface area contributed by atoms with Gasteiger partial charge in [0, 0.05) is 10.6 Å². The summed E-state index contributed by atoms with van der Waals surface area (Å²) in [5, 5.41) is 2.83. The summed E-state index contributed by atoms with van der Waals surface area (Å²) < 4.78 is 12.2. The van der Waals surface area contributed by atoms with Gasteiger partial charge >= 0.3 is 6.03 Å². The number of benzene rings is 3. The highest BCUT2D eigenvalue weighted by Gasteiger charge is 2.36. The number of carbonyl (C=O) groups excluding carboxylic acids is 3. The lowest BCUT2D eigenvalue weighted by molar-refractivity contribution is -0.122. The van der Waals surface area contributed by atoms with Gasteiger partial charge in [0.2, 0.25) is 0 Å². The van der Waals surface area contributed by atoms with Gasteiger partial charge in [-0.05, 0) is 77.0 Å². The minimum Gasteiger partial charge on any atom is -0.493 e. The molecule has 0 unspecified atom stereocenters. The molecule has 0 bridgehead atoms. The number of urea groups is 1. The first kappa shape index (κ1) is 24.7. The van der Waals surface area contributed by atoms with Crippen LogP contribution in [0.1, 0.15) is 16.7 Å². The molecule has 178 valence electrons. The number of nitrogens with one attached hydrogen (secondary N) is 1. The maximum atomic E-state index is 13.2. The van der Waals surface area contributed by atoms with Gasteiger partial charge in [-0.2, -0.15) is 0 Å². The Labute approximate surface area is 220 Å². The Kier molecular flexibility index (Phi) is 7.42. The summed E-state index contributed by atoms with van der Waals surface area (Å²) in [5.41, 5.74) is 2.43. The fraction of sp³-hybridized carbons (Fsp3) is 0.115. The summed E-state index contributed by atoms with van der Waals surface area (Å²) >= 11 is 8.32. The number of imide groups is 2. The minimum atomic E-state index is -0.793. The predicted molar refractivity (Wildman–Crippen MR) is 142 cm³/mol. The van der Waals surface area contributed by atoms with E-state index in [-0.39, 0.29) is 12.2 Å². The van der Waals surface area contributed by atoms with E-state index in [9.17, 15) is 14.4 Å². The van der Waals surface area contributed by atoms with E-state index >= 15 is 0 Å². The zero-order valence-corrected chi connectivity index (χ0v) is 21.7. The maximum Gasteiger partial charge on any atom is 0.335 e. The standard InChI is InChI=1S/C26H20ClIN2O5/c1-15-6-5-8-18(10-15)30-25(32)19(24(31)29-26(30)33)11-16-12-21(28)23(22(13-16)34-2)35-14-17-7-3-4-9-20(17)27/h3-13H,14H2,1-2H3,(H,29,31,33)/b19-11+. The third kappa shape index (κ3) is 5.33. The second-order valence-electron chi connectivity index (χ2n) is 7.71. The summed E-state index contributed by atoms with van der Waals surface area (Å²) in [4.78, 5) is 39.1. The summed E-state index contributed by atoms with van der Waals surface area (Å²) in [5.74, 6) is -0.550. The first-order valence-electron chi connectivity index (χ1n) is 10.5. The van der Waals surface area contributed by atoms with Crippen molar-refractivity contribution in [1.82, 2.24) is 5.32 Å². The smallest absolute Gasteiger partial charge is 0.335 e. The van der Waals surface area contributed by atoms with Crippen molar-refractivity contribution >= 4 is 63.8 Å². The van der Waals surface area contributed by atoms with Crippen molar-refractivity contribution in [3.63, 3.8) is 0 Å². The highest BCUT2D eigenvalue weighted by atomic mass is 127. The van der Waals surface area contributed by atoms with Crippen LogP contribution in [0, 0.1) is 10.5 Å². The molecule has 1 saturated heterocycles. The van der Waals surface area contributed by atoms with E-state index in [1.54, 1.807) is 36.4 Å². The fourth-order valence-corrected chi connectivity index (χ4v) is 4.53. The van der Waals surface area contributed by atoms with Gasteiger partial charge in [0.1, 0.15) is 12.2 Å². The molecule has 9 heteroatoms. The maximum absolute atomic E-state index is 13.2. The van der Waals surface area contributed by atoms with Crippen LogP contribution < -0.4 is 19.7 Å². The zero-order valence-electron chi connectivity index (χ0n) is 18.8. The number of carbonyl (C=O) groups is 3. The van der Waals surface area contributed by atoms with Crippen LogP contribution in [0.5, 0.6) is 11.5 Å². The molecule has 7 nitrogen and oxygen atoms in total. The van der Waals surface area contributed by atoms with E-state index in [0.717, 1.165) is 16.0 Å². The Morgan fingerprint density at radius 1 is 1.06 bits per heavy atom. The van der Waals surface area contributed by atoms with Gasteiger partial charge in [-0.15, -0.1) is 0 Å². The third-order valence-electron chi connectivity index (χ3n) is 5.25. The molecule has 0 aromatic heterocycles. The van der Waals surface area contributed by atoms with Crippen LogP contribution in [0.3, 0.4) is 0 Å². The average molecular weight is 603 g/mol. The van der Waals surface area contributed by atoms with Crippen molar-refractivity contribution in [1.29, 1.82) is 0 Å². The van der Waals surface area contributed by atoms with Crippen LogP contribution >= 0.6 is 34.2 Å². The lowest BCUT2D eigenvalue weighted by atomic mass is 10.1. The molecule has 0 saturated carbocycles. The molecule has 0 atom stereocenters. The molecule has 1 heterocycles. The quantitative estimate of drug-likeness (QED) is 0.229. The molecule has 4 amide bonds. The highest BCUT2D eigenvalue weighted by molar-refractivity contribution is 14.1. The summed E-state index contributed by atoms with van der Waals surface area (Å²) in [7, 11) is 1.50. The largest absolute Gasteiger partial charge is 0.493 e. The van der Waals surface area contributed by atoms with Crippen LogP contribution in [-0.2, 0) is 16.2 Å². The molecule has 1 fully saturated rings. The van der Waals surface area contributed by atoms with Crippen LogP contribution in [0.25, 0.3) is 6.08 Å². The van der Waals surface area contributed by atoms with Crippen molar-refractivity contribution in [2.45, 2.75) is 13.5 Å². The summed E-state index contributed by atoms with van der Waals surface area (Å²) in [6.07, 6.45) is 1.43.